The smallest absolute Gasteiger partial charge is 0.292 e. The Morgan fingerprint density at radius 2 is 2.05 bits per heavy atom. The lowest BCUT2D eigenvalue weighted by Crippen LogP contribution is -2.24. The van der Waals surface area contributed by atoms with Crippen molar-refractivity contribution in [3.8, 4) is 0 Å². The maximum atomic E-state index is 10.9. The molecule has 0 saturated carbocycles. The number of nitrogens with one attached hydrogen (secondary N) is 2. The van der Waals surface area contributed by atoms with Crippen LogP contribution in [0.5, 0.6) is 0 Å². The van der Waals surface area contributed by atoms with Crippen LogP contribution in [0.2, 0.25) is 0 Å². The first kappa shape index (κ1) is 14.5. The highest BCUT2D eigenvalue weighted by Crippen LogP contribution is 2.22. The minimum absolute atomic E-state index is 0.0599. The highest BCUT2D eigenvalue weighted by molar-refractivity contribution is 7.80. The van der Waals surface area contributed by atoms with E-state index in [1.54, 1.807) is 36.5 Å². The zero-order valence-electron chi connectivity index (χ0n) is 10.8. The van der Waals surface area contributed by atoms with Crippen molar-refractivity contribution in [2.45, 2.75) is 0 Å². The van der Waals surface area contributed by atoms with E-state index in [0.29, 0.717) is 11.4 Å². The van der Waals surface area contributed by atoms with Crippen LogP contribution in [0.4, 0.5) is 11.4 Å². The molecule has 2 N–H and O–H groups in total. The monoisotopic (exact) mass is 301 g/mol. The van der Waals surface area contributed by atoms with E-state index in [9.17, 15) is 10.1 Å². The summed E-state index contributed by atoms with van der Waals surface area (Å²) in [6.45, 7) is 0. The van der Waals surface area contributed by atoms with Crippen LogP contribution in [0.15, 0.2) is 53.8 Å². The van der Waals surface area contributed by atoms with Crippen LogP contribution in [-0.2, 0) is 0 Å². The number of para-hydroxylation sites is 2. The molecule has 0 bridgehead atoms. The van der Waals surface area contributed by atoms with Gasteiger partial charge in [0.1, 0.15) is 5.69 Å². The average Bonchev–Trinajstić information content (AvgIpc) is 2.48. The summed E-state index contributed by atoms with van der Waals surface area (Å²) in [7, 11) is 0. The number of nitrogens with zero attached hydrogens (tertiary/aromatic N) is 3. The molecule has 106 valence electrons. The van der Waals surface area contributed by atoms with E-state index < -0.39 is 4.92 Å². The summed E-state index contributed by atoms with van der Waals surface area (Å²) in [6, 6.07) is 11.6. The van der Waals surface area contributed by atoms with E-state index in [4.69, 9.17) is 12.2 Å². The molecule has 0 aliphatic heterocycles. The molecule has 21 heavy (non-hydrogen) atoms. The van der Waals surface area contributed by atoms with Crippen molar-refractivity contribution in [3.05, 3.63) is 64.5 Å². The zero-order valence-corrected chi connectivity index (χ0v) is 11.6. The lowest BCUT2D eigenvalue weighted by molar-refractivity contribution is -0.383. The number of hydrazone groups is 1. The molecule has 8 heteroatoms. The third kappa shape index (κ3) is 4.32. The summed E-state index contributed by atoms with van der Waals surface area (Å²) in [5, 5.41) is 17.6. The van der Waals surface area contributed by atoms with Crippen molar-refractivity contribution in [2.24, 2.45) is 5.10 Å². The number of rotatable bonds is 4. The highest BCUT2D eigenvalue weighted by Gasteiger charge is 2.12. The molecular formula is C13H11N5O2S. The first-order valence-corrected chi connectivity index (χ1v) is 6.32. The maximum Gasteiger partial charge on any atom is 0.292 e. The fourth-order valence-corrected chi connectivity index (χ4v) is 1.66. The Balaban J connectivity index is 1.97. The Labute approximate surface area is 125 Å². The van der Waals surface area contributed by atoms with Gasteiger partial charge in [0.25, 0.3) is 5.69 Å². The lowest BCUT2D eigenvalue weighted by atomic mass is 10.3. The van der Waals surface area contributed by atoms with Gasteiger partial charge in [-0.15, -0.1) is 0 Å². The van der Waals surface area contributed by atoms with Gasteiger partial charge in [-0.3, -0.25) is 20.5 Å². The van der Waals surface area contributed by atoms with Gasteiger partial charge in [0, 0.05) is 12.3 Å². The van der Waals surface area contributed by atoms with Gasteiger partial charge in [-0.1, -0.05) is 18.2 Å². The molecule has 0 atom stereocenters. The van der Waals surface area contributed by atoms with Gasteiger partial charge in [-0.25, -0.2) is 0 Å². The molecule has 0 amide bonds. The second-order valence-electron chi connectivity index (χ2n) is 3.85. The number of pyridine rings is 1. The Morgan fingerprint density at radius 1 is 1.29 bits per heavy atom. The normalized spacial score (nSPS) is 10.3. The molecule has 0 radical (unpaired) electrons. The third-order valence-corrected chi connectivity index (χ3v) is 2.59. The average molecular weight is 301 g/mol. The molecule has 0 spiro atoms. The fourth-order valence-electron chi connectivity index (χ4n) is 1.50. The Kier molecular flexibility index (Phi) is 4.89. The number of hydrogen-bond acceptors (Lipinski definition) is 5. The summed E-state index contributed by atoms with van der Waals surface area (Å²) in [4.78, 5) is 14.4. The maximum absolute atomic E-state index is 10.9. The molecular weight excluding hydrogens is 290 g/mol. The van der Waals surface area contributed by atoms with Gasteiger partial charge in [0.05, 0.1) is 16.8 Å². The quantitative estimate of drug-likeness (QED) is 0.389. The molecule has 0 fully saturated rings. The minimum Gasteiger partial charge on any atom is -0.326 e. The molecule has 0 aliphatic rings. The minimum atomic E-state index is -0.484. The van der Waals surface area contributed by atoms with Crippen LogP contribution < -0.4 is 10.7 Å². The van der Waals surface area contributed by atoms with Crippen molar-refractivity contribution in [1.82, 2.24) is 10.4 Å². The van der Waals surface area contributed by atoms with Gasteiger partial charge in [-0.05, 0) is 30.4 Å². The van der Waals surface area contributed by atoms with Crippen LogP contribution in [0, 0.1) is 10.1 Å². The van der Waals surface area contributed by atoms with E-state index in [-0.39, 0.29) is 10.8 Å². The van der Waals surface area contributed by atoms with Crippen molar-refractivity contribution in [3.63, 3.8) is 0 Å². The van der Waals surface area contributed by atoms with Crippen molar-refractivity contribution < 1.29 is 4.92 Å². The van der Waals surface area contributed by atoms with Crippen LogP contribution >= 0.6 is 12.2 Å². The molecule has 1 aromatic heterocycles. The molecule has 1 aromatic carbocycles. The second kappa shape index (κ2) is 7.06. The van der Waals surface area contributed by atoms with Gasteiger partial charge >= 0.3 is 0 Å². The number of benzene rings is 1. The van der Waals surface area contributed by atoms with E-state index in [2.05, 4.69) is 20.8 Å². The SMILES string of the molecule is O=[N+]([O-])c1ccccc1NC(=S)N/N=C\c1ccccn1. The summed E-state index contributed by atoms with van der Waals surface area (Å²) in [5.41, 5.74) is 3.48. The molecule has 7 nitrogen and oxygen atoms in total. The zero-order chi connectivity index (χ0) is 15.1. The standard InChI is InChI=1S/C13H11N5O2S/c19-18(20)12-7-2-1-6-11(12)16-13(21)17-15-9-10-5-3-4-8-14-10/h1-9H,(H2,16,17,21)/b15-9-. The van der Waals surface area contributed by atoms with Crippen LogP contribution in [0.1, 0.15) is 5.69 Å². The fraction of sp³-hybridized carbons (Fsp3) is 0. The van der Waals surface area contributed by atoms with Gasteiger partial charge in [-0.2, -0.15) is 5.10 Å². The van der Waals surface area contributed by atoms with Gasteiger partial charge < -0.3 is 5.32 Å². The number of aromatic nitrogens is 1. The first-order chi connectivity index (χ1) is 10.2. The van der Waals surface area contributed by atoms with Gasteiger partial charge in [0.2, 0.25) is 0 Å². The number of hydrogen-bond donors (Lipinski definition) is 2. The van der Waals surface area contributed by atoms with Crippen molar-refractivity contribution in [2.75, 3.05) is 5.32 Å². The summed E-state index contributed by atoms with van der Waals surface area (Å²) in [5.74, 6) is 0. The molecule has 2 rings (SSSR count). The number of nitro groups is 1. The summed E-state index contributed by atoms with van der Waals surface area (Å²) >= 11 is 5.02. The Hall–Kier alpha value is -2.87. The Morgan fingerprint density at radius 3 is 2.76 bits per heavy atom. The van der Waals surface area contributed by atoms with Crippen LogP contribution in [-0.4, -0.2) is 21.2 Å². The molecule has 2 aromatic rings. The van der Waals surface area contributed by atoms with Crippen molar-refractivity contribution >= 4 is 34.9 Å². The predicted octanol–water partition coefficient (Wildman–Crippen LogP) is 2.31. The van der Waals surface area contributed by atoms with E-state index >= 15 is 0 Å². The highest BCUT2D eigenvalue weighted by atomic mass is 32.1. The second-order valence-corrected chi connectivity index (χ2v) is 4.26. The number of anilines is 1. The van der Waals surface area contributed by atoms with E-state index in [0.717, 1.165) is 0 Å². The van der Waals surface area contributed by atoms with Crippen LogP contribution in [0.3, 0.4) is 0 Å². The van der Waals surface area contributed by atoms with E-state index in [1.165, 1.54) is 12.3 Å². The summed E-state index contributed by atoms with van der Waals surface area (Å²) < 4.78 is 0. The third-order valence-electron chi connectivity index (χ3n) is 2.40. The first-order valence-electron chi connectivity index (χ1n) is 5.91. The van der Waals surface area contributed by atoms with E-state index in [1.807, 2.05) is 6.07 Å². The Bertz CT molecular complexity index is 675. The largest absolute Gasteiger partial charge is 0.326 e. The molecule has 1 heterocycles. The molecule has 0 aliphatic carbocycles. The van der Waals surface area contributed by atoms with Gasteiger partial charge in [0.15, 0.2) is 5.11 Å². The predicted molar refractivity (Wildman–Crippen MR) is 84.3 cm³/mol. The molecule has 0 saturated heterocycles. The number of thiocarbonyl (C=S) groups is 1. The summed E-state index contributed by atoms with van der Waals surface area (Å²) in [6.07, 6.45) is 3.14. The van der Waals surface area contributed by atoms with Crippen molar-refractivity contribution in [1.29, 1.82) is 0 Å². The lowest BCUT2D eigenvalue weighted by Gasteiger charge is -2.06. The number of nitro benzene ring substituents is 1. The molecule has 0 unspecified atom stereocenters. The topological polar surface area (TPSA) is 92.5 Å². The van der Waals surface area contributed by atoms with Crippen LogP contribution in [0.25, 0.3) is 0 Å².